The average molecular weight is 365 g/mol. The summed E-state index contributed by atoms with van der Waals surface area (Å²) in [5.41, 5.74) is 6.99. The molecule has 0 spiro atoms. The van der Waals surface area contributed by atoms with Crippen LogP contribution in [0, 0.1) is 0 Å². The summed E-state index contributed by atoms with van der Waals surface area (Å²) in [6, 6.07) is 7.23. The number of carbonyl (C=O) groups is 2. The molecule has 9 heteroatoms. The van der Waals surface area contributed by atoms with Crippen molar-refractivity contribution >= 4 is 45.6 Å². The number of anilines is 1. The number of carbonyl (C=O) groups excluding carboxylic acids is 2. The third-order valence-electron chi connectivity index (χ3n) is 3.28. The molecule has 7 nitrogen and oxygen atoms in total. The van der Waals surface area contributed by atoms with Gasteiger partial charge < -0.3 is 10.6 Å². The number of primary amides is 1. The summed E-state index contributed by atoms with van der Waals surface area (Å²) in [6.45, 7) is 0. The molecule has 0 saturated heterocycles. The maximum Gasteiger partial charge on any atom is 0.270 e. The van der Waals surface area contributed by atoms with Crippen LogP contribution in [0.1, 0.15) is 17.7 Å². The highest BCUT2D eigenvalue weighted by atomic mass is 35.5. The Hall–Kier alpha value is -2.45. The van der Waals surface area contributed by atoms with E-state index in [1.807, 2.05) is 18.2 Å². The molecule has 3 rings (SSSR count). The van der Waals surface area contributed by atoms with Gasteiger partial charge in [-0.3, -0.25) is 14.9 Å². The topological polar surface area (TPSA) is 107 Å². The molecular formula is C15H13ClN4O3S. The standard InChI is InChI=1S/C15H13ClN4O3S/c16-10-4-2-1-3-9(10)11-6-12(23-20-11)14(22)19-15-18-8(7-24-15)5-13(17)21/h1-4,7,12H,5-6H2,(H2,17,21)(H,18,19,22). The molecule has 0 radical (unpaired) electrons. The lowest BCUT2D eigenvalue weighted by Crippen LogP contribution is -2.28. The number of thiazole rings is 1. The number of amides is 2. The first kappa shape index (κ1) is 16.4. The molecule has 0 fully saturated rings. The van der Waals surface area contributed by atoms with Crippen LogP contribution in [-0.2, 0) is 20.8 Å². The minimum Gasteiger partial charge on any atom is -0.382 e. The van der Waals surface area contributed by atoms with Crippen LogP contribution in [0.3, 0.4) is 0 Å². The van der Waals surface area contributed by atoms with Gasteiger partial charge in [0.1, 0.15) is 0 Å². The van der Waals surface area contributed by atoms with Crippen molar-refractivity contribution in [2.45, 2.75) is 18.9 Å². The molecular weight excluding hydrogens is 352 g/mol. The highest BCUT2D eigenvalue weighted by molar-refractivity contribution is 7.13. The molecule has 1 aliphatic rings. The van der Waals surface area contributed by atoms with Crippen molar-refractivity contribution in [3.05, 3.63) is 45.9 Å². The molecule has 0 aliphatic carbocycles. The van der Waals surface area contributed by atoms with E-state index < -0.39 is 12.0 Å². The van der Waals surface area contributed by atoms with Crippen molar-refractivity contribution in [1.29, 1.82) is 0 Å². The van der Waals surface area contributed by atoms with Gasteiger partial charge in [0.25, 0.3) is 5.91 Å². The normalized spacial score (nSPS) is 16.4. The predicted molar refractivity (Wildman–Crippen MR) is 91.1 cm³/mol. The highest BCUT2D eigenvalue weighted by Crippen LogP contribution is 2.24. The zero-order valence-electron chi connectivity index (χ0n) is 12.4. The largest absolute Gasteiger partial charge is 0.382 e. The second-order valence-corrected chi connectivity index (χ2v) is 6.36. The number of oxime groups is 1. The summed E-state index contributed by atoms with van der Waals surface area (Å²) < 4.78 is 0. The van der Waals surface area contributed by atoms with Crippen LogP contribution in [0.4, 0.5) is 5.13 Å². The first-order chi connectivity index (χ1) is 11.5. The number of nitrogens with one attached hydrogen (secondary N) is 1. The lowest BCUT2D eigenvalue weighted by molar-refractivity contribution is -0.125. The fourth-order valence-corrected chi connectivity index (χ4v) is 3.14. The van der Waals surface area contributed by atoms with E-state index in [1.54, 1.807) is 11.4 Å². The maximum absolute atomic E-state index is 12.2. The van der Waals surface area contributed by atoms with Gasteiger partial charge in [-0.15, -0.1) is 11.3 Å². The van der Waals surface area contributed by atoms with Gasteiger partial charge in [-0.25, -0.2) is 4.98 Å². The third-order valence-corrected chi connectivity index (χ3v) is 4.42. The van der Waals surface area contributed by atoms with Gasteiger partial charge in [-0.05, 0) is 6.07 Å². The molecule has 1 aromatic carbocycles. The molecule has 2 aromatic rings. The number of hydrogen-bond donors (Lipinski definition) is 2. The second-order valence-electron chi connectivity index (χ2n) is 5.09. The van der Waals surface area contributed by atoms with Gasteiger partial charge in [0, 0.05) is 22.4 Å². The molecule has 0 saturated carbocycles. The molecule has 2 heterocycles. The quantitative estimate of drug-likeness (QED) is 0.845. The number of rotatable bonds is 5. The first-order valence-corrected chi connectivity index (χ1v) is 8.30. The van der Waals surface area contributed by atoms with Crippen LogP contribution >= 0.6 is 22.9 Å². The van der Waals surface area contributed by atoms with Gasteiger partial charge in [0.05, 0.1) is 17.8 Å². The zero-order chi connectivity index (χ0) is 17.1. The number of nitrogens with zero attached hydrogens (tertiary/aromatic N) is 2. The van der Waals surface area contributed by atoms with E-state index in [2.05, 4.69) is 15.5 Å². The second kappa shape index (κ2) is 6.98. The highest BCUT2D eigenvalue weighted by Gasteiger charge is 2.30. The third kappa shape index (κ3) is 3.72. The van der Waals surface area contributed by atoms with Gasteiger partial charge in [-0.1, -0.05) is 35.0 Å². The lowest BCUT2D eigenvalue weighted by atomic mass is 10.0. The van der Waals surface area contributed by atoms with Crippen molar-refractivity contribution in [2.75, 3.05) is 5.32 Å². The Morgan fingerprint density at radius 2 is 2.21 bits per heavy atom. The van der Waals surface area contributed by atoms with Gasteiger partial charge in [0.2, 0.25) is 12.0 Å². The Labute approximate surface area is 146 Å². The van der Waals surface area contributed by atoms with Crippen molar-refractivity contribution < 1.29 is 14.4 Å². The SMILES string of the molecule is NC(=O)Cc1csc(NC(=O)C2CC(c3ccccc3Cl)=NO2)n1. The number of hydrogen-bond acceptors (Lipinski definition) is 6. The molecule has 1 unspecified atom stereocenters. The Morgan fingerprint density at radius 1 is 1.42 bits per heavy atom. The Balaban J connectivity index is 1.61. The van der Waals surface area contributed by atoms with E-state index in [4.69, 9.17) is 22.2 Å². The summed E-state index contributed by atoms with van der Waals surface area (Å²) in [7, 11) is 0. The van der Waals surface area contributed by atoms with E-state index in [1.165, 1.54) is 11.3 Å². The smallest absolute Gasteiger partial charge is 0.270 e. The lowest BCUT2D eigenvalue weighted by Gasteiger charge is -2.07. The molecule has 124 valence electrons. The van der Waals surface area contributed by atoms with Crippen LogP contribution in [0.5, 0.6) is 0 Å². The molecule has 1 aromatic heterocycles. The first-order valence-electron chi connectivity index (χ1n) is 7.04. The van der Waals surface area contributed by atoms with Gasteiger partial charge in [-0.2, -0.15) is 0 Å². The van der Waals surface area contributed by atoms with E-state index >= 15 is 0 Å². The summed E-state index contributed by atoms with van der Waals surface area (Å²) in [4.78, 5) is 32.4. The summed E-state index contributed by atoms with van der Waals surface area (Å²) >= 11 is 7.34. The maximum atomic E-state index is 12.2. The Morgan fingerprint density at radius 3 is 2.96 bits per heavy atom. The van der Waals surface area contributed by atoms with E-state index in [9.17, 15) is 9.59 Å². The molecule has 3 N–H and O–H groups in total. The van der Waals surface area contributed by atoms with E-state index in [0.717, 1.165) is 5.56 Å². The Kier molecular flexibility index (Phi) is 4.77. The number of benzene rings is 1. The molecule has 1 atom stereocenters. The van der Waals surface area contributed by atoms with Crippen LogP contribution < -0.4 is 11.1 Å². The molecule has 0 bridgehead atoms. The van der Waals surface area contributed by atoms with Crippen LogP contribution in [0.15, 0.2) is 34.8 Å². The fourth-order valence-electron chi connectivity index (χ4n) is 2.18. The van der Waals surface area contributed by atoms with Crippen molar-refractivity contribution in [2.24, 2.45) is 10.9 Å². The number of halogens is 1. The van der Waals surface area contributed by atoms with E-state index in [0.29, 0.717) is 28.0 Å². The van der Waals surface area contributed by atoms with Crippen LogP contribution in [0.2, 0.25) is 5.02 Å². The molecule has 2 amide bonds. The predicted octanol–water partition coefficient (Wildman–Crippen LogP) is 1.96. The van der Waals surface area contributed by atoms with Crippen molar-refractivity contribution in [3.63, 3.8) is 0 Å². The van der Waals surface area contributed by atoms with Crippen molar-refractivity contribution in [1.82, 2.24) is 4.98 Å². The van der Waals surface area contributed by atoms with E-state index in [-0.39, 0.29) is 12.3 Å². The minimum absolute atomic E-state index is 0.0338. The number of nitrogens with two attached hydrogens (primary N) is 1. The van der Waals surface area contributed by atoms with Crippen molar-refractivity contribution in [3.8, 4) is 0 Å². The van der Waals surface area contributed by atoms with Crippen LogP contribution in [0.25, 0.3) is 0 Å². The van der Waals surface area contributed by atoms with Crippen LogP contribution in [-0.4, -0.2) is 28.6 Å². The fraction of sp³-hybridized carbons (Fsp3) is 0.200. The zero-order valence-corrected chi connectivity index (χ0v) is 13.9. The summed E-state index contributed by atoms with van der Waals surface area (Å²) in [5.74, 6) is -0.837. The Bertz CT molecular complexity index is 821. The average Bonchev–Trinajstić information content (AvgIpc) is 3.17. The minimum atomic E-state index is -0.750. The molecule has 24 heavy (non-hydrogen) atoms. The monoisotopic (exact) mass is 364 g/mol. The van der Waals surface area contributed by atoms with Gasteiger partial charge >= 0.3 is 0 Å². The summed E-state index contributed by atoms with van der Waals surface area (Å²) in [6.07, 6.45) is -0.402. The summed E-state index contributed by atoms with van der Waals surface area (Å²) in [5, 5.41) is 9.20. The van der Waals surface area contributed by atoms with Gasteiger partial charge in [0.15, 0.2) is 5.13 Å². The number of aromatic nitrogens is 1. The molecule has 1 aliphatic heterocycles.